The Hall–Kier alpha value is -2.73. The Bertz CT molecular complexity index is 958. The third-order valence-electron chi connectivity index (χ3n) is 7.47. The van der Waals surface area contributed by atoms with Gasteiger partial charge in [0.05, 0.1) is 12.1 Å². The van der Waals surface area contributed by atoms with Gasteiger partial charge in [-0.25, -0.2) is 0 Å². The molecule has 0 aliphatic heterocycles. The van der Waals surface area contributed by atoms with Crippen LogP contribution in [0.4, 0.5) is 0 Å². The average molecular weight is 596 g/mol. The summed E-state index contributed by atoms with van der Waals surface area (Å²) in [6, 6.07) is -0.994. The normalized spacial score (nSPS) is 15.6. The molecule has 242 valence electrons. The summed E-state index contributed by atoms with van der Waals surface area (Å²) in [5.74, 6) is -1.64. The molecule has 5 amide bonds. The van der Waals surface area contributed by atoms with Crippen LogP contribution >= 0.6 is 0 Å². The highest BCUT2D eigenvalue weighted by Gasteiger charge is 2.41. The van der Waals surface area contributed by atoms with Crippen molar-refractivity contribution in [3.63, 3.8) is 0 Å². The average Bonchev–Trinajstić information content (AvgIpc) is 2.80. The number of hydrogen-bond donors (Lipinski definition) is 5. The van der Waals surface area contributed by atoms with Crippen LogP contribution in [-0.2, 0) is 24.0 Å². The minimum atomic E-state index is -1.37. The van der Waals surface area contributed by atoms with Crippen LogP contribution in [0, 0.1) is 5.92 Å². The van der Waals surface area contributed by atoms with Gasteiger partial charge in [0.15, 0.2) is 0 Å². The Kier molecular flexibility index (Phi) is 13.9. The molecular formula is C30H57N7O5. The van der Waals surface area contributed by atoms with Crippen LogP contribution in [0.25, 0.3) is 0 Å². The molecule has 42 heavy (non-hydrogen) atoms. The van der Waals surface area contributed by atoms with Gasteiger partial charge in [0.2, 0.25) is 29.5 Å². The summed E-state index contributed by atoms with van der Waals surface area (Å²) in [7, 11) is 5.63. The summed E-state index contributed by atoms with van der Waals surface area (Å²) >= 11 is 0. The smallest absolute Gasteiger partial charge is 0.246 e. The van der Waals surface area contributed by atoms with Gasteiger partial charge in [-0.15, -0.1) is 0 Å². The van der Waals surface area contributed by atoms with E-state index in [1.807, 2.05) is 41.8 Å². The minimum Gasteiger partial charge on any atom is -0.354 e. The van der Waals surface area contributed by atoms with Crippen LogP contribution in [0.15, 0.2) is 0 Å². The van der Waals surface area contributed by atoms with E-state index in [1.54, 1.807) is 39.6 Å². The van der Waals surface area contributed by atoms with Crippen molar-refractivity contribution < 1.29 is 24.0 Å². The highest BCUT2D eigenvalue weighted by molar-refractivity contribution is 5.97. The molecule has 12 nitrogen and oxygen atoms in total. The molecule has 1 rings (SSSR count). The Morgan fingerprint density at radius 1 is 0.881 bits per heavy atom. The van der Waals surface area contributed by atoms with Gasteiger partial charge in [0, 0.05) is 25.6 Å². The topological polar surface area (TPSA) is 152 Å². The number of hydrogen-bond acceptors (Lipinski definition) is 7. The maximum Gasteiger partial charge on any atom is 0.246 e. The van der Waals surface area contributed by atoms with E-state index in [-0.39, 0.29) is 48.8 Å². The standard InChI is InChI=1S/C30H57N7O5/c1-20(2)17-22(37(21(3)4)24(39)18-31-9)25(40)34-29(7,8)27(42)35-28(5,6)26(41)32-16-13-23(38)33-30(14-12-15-30)19-36(10)11/h20-22,31H,12-19H2,1-11H3,(H,32,41)(H,33,38)(H,34,40)(H,35,42)/t22-/m0/s1. The maximum absolute atomic E-state index is 13.5. The monoisotopic (exact) mass is 595 g/mol. The van der Waals surface area contributed by atoms with Crippen LogP contribution in [0.3, 0.4) is 0 Å². The second-order valence-corrected chi connectivity index (χ2v) is 13.7. The molecule has 0 heterocycles. The van der Waals surface area contributed by atoms with E-state index >= 15 is 0 Å². The van der Waals surface area contributed by atoms with E-state index in [9.17, 15) is 24.0 Å². The van der Waals surface area contributed by atoms with Gasteiger partial charge >= 0.3 is 0 Å². The Morgan fingerprint density at radius 2 is 1.45 bits per heavy atom. The number of rotatable bonds is 17. The first kappa shape index (κ1) is 37.3. The van der Waals surface area contributed by atoms with Gasteiger partial charge in [-0.05, 0) is 94.3 Å². The molecule has 1 saturated carbocycles. The lowest BCUT2D eigenvalue weighted by Crippen LogP contribution is -2.65. The molecule has 1 aliphatic rings. The highest BCUT2D eigenvalue weighted by Crippen LogP contribution is 2.32. The molecule has 0 aromatic rings. The first-order valence-corrected chi connectivity index (χ1v) is 15.1. The summed E-state index contributed by atoms with van der Waals surface area (Å²) in [5, 5.41) is 14.2. The molecule has 1 fully saturated rings. The predicted octanol–water partition coefficient (Wildman–Crippen LogP) is 0.754. The van der Waals surface area contributed by atoms with Crippen LogP contribution in [0.1, 0.15) is 87.5 Å². The van der Waals surface area contributed by atoms with E-state index in [0.29, 0.717) is 6.42 Å². The van der Waals surface area contributed by atoms with Crippen molar-refractivity contribution >= 4 is 29.5 Å². The van der Waals surface area contributed by atoms with Gasteiger partial charge in [0.25, 0.3) is 0 Å². The lowest BCUT2D eigenvalue weighted by Gasteiger charge is -2.44. The highest BCUT2D eigenvalue weighted by atomic mass is 16.2. The fraction of sp³-hybridized carbons (Fsp3) is 0.833. The van der Waals surface area contributed by atoms with Gasteiger partial charge in [-0.2, -0.15) is 0 Å². The third-order valence-corrected chi connectivity index (χ3v) is 7.47. The van der Waals surface area contributed by atoms with E-state index in [0.717, 1.165) is 25.8 Å². The molecule has 1 aliphatic carbocycles. The van der Waals surface area contributed by atoms with Crippen molar-refractivity contribution in [1.29, 1.82) is 0 Å². The van der Waals surface area contributed by atoms with E-state index in [4.69, 9.17) is 0 Å². The fourth-order valence-corrected chi connectivity index (χ4v) is 5.20. The molecule has 0 bridgehead atoms. The van der Waals surface area contributed by atoms with Crippen LogP contribution in [0.2, 0.25) is 0 Å². The summed E-state index contributed by atoms with van der Waals surface area (Å²) in [5.41, 5.74) is -2.88. The SMILES string of the molecule is CNCC(=O)N(C(C)C)[C@@H](CC(C)C)C(=O)NC(C)(C)C(=O)NC(C)(C)C(=O)NCCC(=O)NC1(CN(C)C)CCC1. The molecule has 0 aromatic heterocycles. The molecular weight excluding hydrogens is 538 g/mol. The zero-order valence-corrected chi connectivity index (χ0v) is 27.8. The lowest BCUT2D eigenvalue weighted by molar-refractivity contribution is -0.145. The number of carbonyl (C=O) groups is 5. The third kappa shape index (κ3) is 11.2. The summed E-state index contributed by atoms with van der Waals surface area (Å²) in [6.45, 7) is 14.9. The number of nitrogens with zero attached hydrogens (tertiary/aromatic N) is 2. The minimum absolute atomic E-state index is 0.0891. The van der Waals surface area contributed by atoms with Crippen LogP contribution < -0.4 is 26.6 Å². The zero-order chi connectivity index (χ0) is 32.5. The van der Waals surface area contributed by atoms with Crippen molar-refractivity contribution in [3.8, 4) is 0 Å². The van der Waals surface area contributed by atoms with Crippen LogP contribution in [0.5, 0.6) is 0 Å². The first-order chi connectivity index (χ1) is 19.3. The van der Waals surface area contributed by atoms with Gasteiger partial charge in [-0.1, -0.05) is 13.8 Å². The number of nitrogens with one attached hydrogen (secondary N) is 5. The Labute approximate surface area is 252 Å². The molecule has 0 unspecified atom stereocenters. The quantitative estimate of drug-likeness (QED) is 0.166. The van der Waals surface area contributed by atoms with E-state index in [1.165, 1.54) is 0 Å². The molecule has 1 atom stereocenters. The molecule has 5 N–H and O–H groups in total. The van der Waals surface area contributed by atoms with Gasteiger partial charge in [0.1, 0.15) is 17.1 Å². The van der Waals surface area contributed by atoms with Crippen molar-refractivity contribution in [3.05, 3.63) is 0 Å². The summed E-state index contributed by atoms with van der Waals surface area (Å²) < 4.78 is 0. The molecule has 0 aromatic carbocycles. The Balaban J connectivity index is 2.81. The number of likely N-dealkylation sites (N-methyl/N-ethyl adjacent to an activating group) is 2. The molecule has 0 saturated heterocycles. The fourth-order valence-electron chi connectivity index (χ4n) is 5.20. The predicted molar refractivity (Wildman–Crippen MR) is 165 cm³/mol. The molecule has 0 spiro atoms. The van der Waals surface area contributed by atoms with E-state index < -0.39 is 34.8 Å². The van der Waals surface area contributed by atoms with E-state index in [2.05, 4.69) is 31.5 Å². The molecule has 12 heteroatoms. The van der Waals surface area contributed by atoms with Crippen molar-refractivity contribution in [2.45, 2.75) is 116 Å². The lowest BCUT2D eigenvalue weighted by atomic mass is 9.76. The summed E-state index contributed by atoms with van der Waals surface area (Å²) in [6.07, 6.45) is 3.51. The van der Waals surface area contributed by atoms with Crippen molar-refractivity contribution in [2.75, 3.05) is 40.8 Å². The maximum atomic E-state index is 13.5. The summed E-state index contributed by atoms with van der Waals surface area (Å²) in [4.78, 5) is 68.8. The zero-order valence-electron chi connectivity index (χ0n) is 27.8. The van der Waals surface area contributed by atoms with Crippen molar-refractivity contribution in [2.24, 2.45) is 5.92 Å². The second-order valence-electron chi connectivity index (χ2n) is 13.7. The van der Waals surface area contributed by atoms with Crippen molar-refractivity contribution in [1.82, 2.24) is 36.4 Å². The van der Waals surface area contributed by atoms with Crippen LogP contribution in [-0.4, -0.2) is 109 Å². The first-order valence-electron chi connectivity index (χ1n) is 15.1. The Morgan fingerprint density at radius 3 is 1.90 bits per heavy atom. The van der Waals surface area contributed by atoms with Gasteiger partial charge in [-0.3, -0.25) is 24.0 Å². The number of amides is 5. The van der Waals surface area contributed by atoms with Gasteiger partial charge < -0.3 is 36.4 Å². The number of carbonyl (C=O) groups excluding carboxylic acids is 5. The largest absolute Gasteiger partial charge is 0.354 e. The molecule has 0 radical (unpaired) electrons. The second kappa shape index (κ2) is 15.7.